The van der Waals surface area contributed by atoms with E-state index in [1.165, 1.54) is 61.9 Å². The van der Waals surface area contributed by atoms with E-state index in [0.717, 1.165) is 31.6 Å². The number of aryl methyl sites for hydroxylation is 2. The molecule has 290 valence electrons. The summed E-state index contributed by atoms with van der Waals surface area (Å²) in [5.41, 5.74) is 14.7. The zero-order valence-electron chi connectivity index (χ0n) is 34.8. The number of benzene rings is 4. The van der Waals surface area contributed by atoms with Gasteiger partial charge in [0.15, 0.2) is 0 Å². The van der Waals surface area contributed by atoms with Crippen molar-refractivity contribution < 1.29 is 0 Å². The van der Waals surface area contributed by atoms with E-state index in [2.05, 4.69) is 221 Å². The van der Waals surface area contributed by atoms with Gasteiger partial charge in [-0.2, -0.15) is 0 Å². The van der Waals surface area contributed by atoms with Crippen LogP contribution >= 0.6 is 0 Å². The Labute approximate surface area is 343 Å². The van der Waals surface area contributed by atoms with Crippen LogP contribution in [0.4, 0.5) is 22.7 Å². The number of hydrogen-bond acceptors (Lipinski definition) is 3. The third kappa shape index (κ3) is 10.6. The molecule has 1 unspecified atom stereocenters. The second-order valence-electron chi connectivity index (χ2n) is 16.1. The van der Waals surface area contributed by atoms with E-state index < -0.39 is 0 Å². The van der Waals surface area contributed by atoms with Gasteiger partial charge in [0.05, 0.1) is 6.04 Å². The van der Waals surface area contributed by atoms with Crippen LogP contribution in [0, 0.1) is 19.3 Å². The highest BCUT2D eigenvalue weighted by molar-refractivity contribution is 5.72. The largest absolute Gasteiger partial charge is 0.361 e. The summed E-state index contributed by atoms with van der Waals surface area (Å²) in [6.45, 7) is 22.5. The zero-order valence-corrected chi connectivity index (χ0v) is 34.8. The summed E-state index contributed by atoms with van der Waals surface area (Å²) in [4.78, 5) is 7.27. The highest BCUT2D eigenvalue weighted by Crippen LogP contribution is 2.36. The number of hydrogen-bond donors (Lipinski definition) is 0. The molecule has 1 atom stereocenters. The van der Waals surface area contributed by atoms with Crippen molar-refractivity contribution in [1.82, 2.24) is 0 Å². The van der Waals surface area contributed by atoms with E-state index in [1.807, 2.05) is 18.2 Å². The minimum Gasteiger partial charge on any atom is -0.361 e. The Morgan fingerprint density at radius 1 is 0.684 bits per heavy atom. The lowest BCUT2D eigenvalue weighted by Gasteiger charge is -2.36. The molecule has 0 radical (unpaired) electrons. The zero-order chi connectivity index (χ0) is 40.4. The summed E-state index contributed by atoms with van der Waals surface area (Å²) in [7, 11) is 0. The van der Waals surface area contributed by atoms with Crippen LogP contribution in [0.3, 0.4) is 0 Å². The van der Waals surface area contributed by atoms with Crippen LogP contribution in [0.2, 0.25) is 0 Å². The Morgan fingerprint density at radius 2 is 1.23 bits per heavy atom. The third-order valence-electron chi connectivity index (χ3n) is 10.7. The average molecular weight is 750 g/mol. The van der Waals surface area contributed by atoms with Crippen LogP contribution in [0.15, 0.2) is 206 Å². The Hall–Kier alpha value is -6.06. The third-order valence-corrected chi connectivity index (χ3v) is 10.7. The quantitative estimate of drug-likeness (QED) is 0.112. The van der Waals surface area contributed by atoms with Gasteiger partial charge in [-0.1, -0.05) is 159 Å². The van der Waals surface area contributed by atoms with Gasteiger partial charge in [-0.05, 0) is 118 Å². The van der Waals surface area contributed by atoms with Gasteiger partial charge < -0.3 is 14.7 Å². The molecule has 3 nitrogen and oxygen atoms in total. The normalized spacial score (nSPS) is 16.6. The second-order valence-corrected chi connectivity index (χ2v) is 16.1. The smallest absolute Gasteiger partial charge is 0.0515 e. The summed E-state index contributed by atoms with van der Waals surface area (Å²) < 4.78 is 0. The molecule has 4 aromatic carbocycles. The Balaban J connectivity index is 1.23. The Kier molecular flexibility index (Phi) is 13.3. The fourth-order valence-corrected chi connectivity index (χ4v) is 7.39. The van der Waals surface area contributed by atoms with Gasteiger partial charge in [-0.3, -0.25) is 0 Å². The van der Waals surface area contributed by atoms with Crippen molar-refractivity contribution in [2.75, 3.05) is 27.8 Å². The van der Waals surface area contributed by atoms with Crippen molar-refractivity contribution >= 4 is 22.7 Å². The maximum Gasteiger partial charge on any atom is 0.0515 e. The minimum absolute atomic E-state index is 0.170. The first-order valence-electron chi connectivity index (χ1n) is 20.2. The van der Waals surface area contributed by atoms with Crippen molar-refractivity contribution in [1.29, 1.82) is 0 Å². The van der Waals surface area contributed by atoms with Crippen molar-refractivity contribution in [3.05, 3.63) is 217 Å². The fourth-order valence-electron chi connectivity index (χ4n) is 7.39. The Morgan fingerprint density at radius 3 is 1.75 bits per heavy atom. The van der Waals surface area contributed by atoms with Crippen molar-refractivity contribution in [3.63, 3.8) is 0 Å². The molecule has 4 aromatic rings. The van der Waals surface area contributed by atoms with E-state index in [9.17, 15) is 0 Å². The van der Waals surface area contributed by atoms with E-state index >= 15 is 0 Å². The first-order chi connectivity index (χ1) is 27.5. The number of allylic oxidation sites excluding steroid dienone is 10. The van der Waals surface area contributed by atoms with E-state index in [1.54, 1.807) is 0 Å². The van der Waals surface area contributed by atoms with Crippen LogP contribution in [0.1, 0.15) is 51.7 Å². The molecule has 57 heavy (non-hydrogen) atoms. The average Bonchev–Trinajstić information content (AvgIpc) is 3.21. The van der Waals surface area contributed by atoms with Gasteiger partial charge in [-0.25, -0.2) is 0 Å². The maximum absolute atomic E-state index is 3.97. The number of rotatable bonds is 15. The maximum atomic E-state index is 3.97. The SMILES string of the molecule is C=C/C=C(C)\C=C/CN(c1ccc(C)cc1)c1ccc(-c2ccc(N(C/C(C)=C\C=C)C3C=CC(N(C4=CCC(C)(C)C=C4)c4ccc(C)cc4)=CC3)cc2)cc1. The van der Waals surface area contributed by atoms with Crippen LogP contribution in [-0.4, -0.2) is 19.1 Å². The molecule has 0 fully saturated rings. The molecule has 0 aromatic heterocycles. The summed E-state index contributed by atoms with van der Waals surface area (Å²) in [5, 5.41) is 0. The van der Waals surface area contributed by atoms with Crippen LogP contribution in [-0.2, 0) is 0 Å². The van der Waals surface area contributed by atoms with E-state index in [0.29, 0.717) is 0 Å². The van der Waals surface area contributed by atoms with Gasteiger partial charge in [0.2, 0.25) is 0 Å². The molecule has 0 heterocycles. The molecule has 0 amide bonds. The van der Waals surface area contributed by atoms with Gasteiger partial charge in [0.1, 0.15) is 0 Å². The first-order valence-corrected chi connectivity index (χ1v) is 20.2. The molecule has 6 rings (SSSR count). The molecule has 2 aliphatic carbocycles. The van der Waals surface area contributed by atoms with Gasteiger partial charge in [0, 0.05) is 47.2 Å². The fraction of sp³-hybridized carbons (Fsp3) is 0.222. The van der Waals surface area contributed by atoms with Gasteiger partial charge >= 0.3 is 0 Å². The van der Waals surface area contributed by atoms with Crippen molar-refractivity contribution in [2.24, 2.45) is 5.41 Å². The molecule has 0 N–H and O–H groups in total. The Bertz CT molecular complexity index is 2220. The molecule has 2 aliphatic rings. The van der Waals surface area contributed by atoms with Crippen LogP contribution in [0.5, 0.6) is 0 Å². The standard InChI is InChI=1S/C54H59N3/c1-9-12-41(3)14-11-39-55(47-23-15-42(4)16-24-47)48-27-19-45(20-28-48)46-21-29-49(30-22-46)56(40-44(6)13-10-2)50-31-33-52(34-32-50)57(51-25-17-43(5)18-26-51)53-35-37-54(7,8)38-36-53/h9-31,33-37,50H,1-2,32,38-40H2,3-8H3/b14-11-,41-12-,44-13-. The molecule has 3 heteroatoms. The summed E-state index contributed by atoms with van der Waals surface area (Å²) in [6, 6.07) is 35.8. The second kappa shape index (κ2) is 18.7. The lowest BCUT2D eigenvalue weighted by atomic mass is 9.85. The topological polar surface area (TPSA) is 9.72 Å². The summed E-state index contributed by atoms with van der Waals surface area (Å²) >= 11 is 0. The van der Waals surface area contributed by atoms with Crippen LogP contribution < -0.4 is 14.7 Å². The van der Waals surface area contributed by atoms with E-state index in [-0.39, 0.29) is 11.5 Å². The number of anilines is 4. The predicted molar refractivity (Wildman–Crippen MR) is 249 cm³/mol. The minimum atomic E-state index is 0.170. The lowest BCUT2D eigenvalue weighted by molar-refractivity contribution is 0.481. The highest BCUT2D eigenvalue weighted by Gasteiger charge is 2.25. The molecule has 0 bridgehead atoms. The molecular weight excluding hydrogens is 691 g/mol. The monoisotopic (exact) mass is 749 g/mol. The first kappa shape index (κ1) is 40.6. The van der Waals surface area contributed by atoms with Crippen molar-refractivity contribution in [3.8, 4) is 11.1 Å². The van der Waals surface area contributed by atoms with Gasteiger partial charge in [0.25, 0.3) is 0 Å². The molecule has 0 aliphatic heterocycles. The lowest BCUT2D eigenvalue weighted by Crippen LogP contribution is -2.36. The molecule has 0 saturated heterocycles. The van der Waals surface area contributed by atoms with E-state index in [4.69, 9.17) is 0 Å². The molecular formula is C54H59N3. The summed E-state index contributed by atoms with van der Waals surface area (Å²) in [6.07, 6.45) is 28.3. The summed E-state index contributed by atoms with van der Waals surface area (Å²) in [5.74, 6) is 0. The molecule has 0 spiro atoms. The molecule has 0 saturated carbocycles. The predicted octanol–water partition coefficient (Wildman–Crippen LogP) is 14.3. The number of nitrogens with zero attached hydrogens (tertiary/aromatic N) is 3. The van der Waals surface area contributed by atoms with Gasteiger partial charge in [-0.15, -0.1) is 0 Å². The van der Waals surface area contributed by atoms with Crippen molar-refractivity contribution in [2.45, 2.75) is 60.4 Å². The highest BCUT2D eigenvalue weighted by atomic mass is 15.2. The van der Waals surface area contributed by atoms with Crippen LogP contribution in [0.25, 0.3) is 11.1 Å².